The zero-order chi connectivity index (χ0) is 20.1. The fraction of sp³-hybridized carbons (Fsp3) is 0.545. The summed E-state index contributed by atoms with van der Waals surface area (Å²) in [5, 5.41) is 10.9. The summed E-state index contributed by atoms with van der Waals surface area (Å²) in [7, 11) is 2.10. The van der Waals surface area contributed by atoms with Crippen LogP contribution in [0.4, 0.5) is 0 Å². The molecule has 4 rings (SSSR count). The Hall–Kier alpha value is -1.34. The molecule has 2 aromatic rings. The van der Waals surface area contributed by atoms with E-state index in [9.17, 15) is 0 Å². The van der Waals surface area contributed by atoms with Crippen LogP contribution < -0.4 is 0 Å². The lowest BCUT2D eigenvalue weighted by atomic mass is 9.96. The third kappa shape index (κ3) is 5.63. The topological polar surface area (TPSA) is 43.2 Å². The Balaban J connectivity index is 1.27. The second-order valence-corrected chi connectivity index (χ2v) is 9.37. The lowest BCUT2D eigenvalue weighted by molar-refractivity contribution is 0.129. The van der Waals surface area contributed by atoms with Crippen molar-refractivity contribution in [2.24, 2.45) is 7.05 Å². The summed E-state index contributed by atoms with van der Waals surface area (Å²) in [4.78, 5) is 2.43. The van der Waals surface area contributed by atoms with Gasteiger partial charge in [0.25, 0.3) is 0 Å². The summed E-state index contributed by atoms with van der Waals surface area (Å²) in [5.74, 6) is 2.56. The predicted molar refractivity (Wildman–Crippen MR) is 119 cm³/mol. The van der Waals surface area contributed by atoms with Crippen molar-refractivity contribution in [3.63, 3.8) is 0 Å². The average Bonchev–Trinajstić information content (AvgIpc) is 3.37. The predicted octanol–water partition coefficient (Wildman–Crippen LogP) is 4.55. The summed E-state index contributed by atoms with van der Waals surface area (Å²) in [6, 6.07) is 10.3. The lowest BCUT2D eigenvalue weighted by Crippen LogP contribution is -2.34. The molecule has 1 atom stereocenters. The maximum atomic E-state index is 6.50. The van der Waals surface area contributed by atoms with Crippen LogP contribution in [0.2, 0.25) is 0 Å². The van der Waals surface area contributed by atoms with Gasteiger partial charge in [0.1, 0.15) is 5.82 Å². The van der Waals surface area contributed by atoms with Crippen molar-refractivity contribution in [2.45, 2.75) is 42.9 Å². The minimum Gasteiger partial charge on any atom is -0.377 e. The maximum absolute atomic E-state index is 6.50. The van der Waals surface area contributed by atoms with E-state index in [-0.39, 0.29) is 0 Å². The van der Waals surface area contributed by atoms with Crippen molar-refractivity contribution in [1.82, 2.24) is 19.7 Å². The van der Waals surface area contributed by atoms with E-state index in [1.165, 1.54) is 6.42 Å². The van der Waals surface area contributed by atoms with Gasteiger partial charge in [-0.05, 0) is 50.4 Å². The molecular weight excluding hydrogens is 404 g/mol. The Morgan fingerprint density at radius 2 is 2.00 bits per heavy atom. The highest BCUT2D eigenvalue weighted by Crippen LogP contribution is 2.30. The van der Waals surface area contributed by atoms with Crippen LogP contribution in [0.15, 0.2) is 40.5 Å². The molecule has 7 heteroatoms. The molecule has 0 spiro atoms. The number of aromatic nitrogens is 3. The number of ether oxygens (including phenoxy) is 1. The van der Waals surface area contributed by atoms with Gasteiger partial charge in [-0.3, -0.25) is 4.90 Å². The van der Waals surface area contributed by atoms with Crippen molar-refractivity contribution in [1.29, 1.82) is 0 Å². The minimum atomic E-state index is 0.372. The quantitative estimate of drug-likeness (QED) is 0.600. The van der Waals surface area contributed by atoms with Gasteiger partial charge in [0.15, 0.2) is 5.16 Å². The Bertz CT molecular complexity index is 811. The van der Waals surface area contributed by atoms with Crippen LogP contribution >= 0.6 is 23.4 Å². The van der Waals surface area contributed by atoms with E-state index in [2.05, 4.69) is 44.9 Å². The number of rotatable bonds is 7. The normalized spacial score (nSPS) is 21.7. The molecule has 156 valence electrons. The first-order valence-electron chi connectivity index (χ1n) is 10.5. The Labute approximate surface area is 182 Å². The van der Waals surface area contributed by atoms with Crippen molar-refractivity contribution < 1.29 is 4.74 Å². The highest BCUT2D eigenvalue weighted by molar-refractivity contribution is 7.99. The van der Waals surface area contributed by atoms with Crippen molar-refractivity contribution in [3.05, 3.63) is 46.8 Å². The third-order valence-corrected chi connectivity index (χ3v) is 7.12. The van der Waals surface area contributed by atoms with Crippen molar-refractivity contribution >= 4 is 29.4 Å². The van der Waals surface area contributed by atoms with Gasteiger partial charge in [-0.2, -0.15) is 0 Å². The molecule has 2 fully saturated rings. The van der Waals surface area contributed by atoms with Crippen LogP contribution in [0.1, 0.15) is 43.0 Å². The van der Waals surface area contributed by atoms with Crippen LogP contribution in [0, 0.1) is 0 Å². The Kier molecular flexibility index (Phi) is 7.29. The molecule has 0 bridgehead atoms. The van der Waals surface area contributed by atoms with Crippen LogP contribution in [-0.2, 0) is 11.8 Å². The summed E-state index contributed by atoms with van der Waals surface area (Å²) in [6.07, 6.45) is 6.97. The highest BCUT2D eigenvalue weighted by Gasteiger charge is 2.26. The first-order chi connectivity index (χ1) is 14.2. The van der Waals surface area contributed by atoms with Crippen LogP contribution in [0.5, 0.6) is 0 Å². The number of benzene rings is 1. The van der Waals surface area contributed by atoms with Gasteiger partial charge in [0, 0.05) is 36.9 Å². The van der Waals surface area contributed by atoms with E-state index in [1.54, 1.807) is 11.8 Å². The Morgan fingerprint density at radius 3 is 2.72 bits per heavy atom. The number of hydrogen-bond donors (Lipinski definition) is 0. The van der Waals surface area contributed by atoms with E-state index in [0.717, 1.165) is 72.8 Å². The molecule has 2 saturated heterocycles. The molecule has 1 aromatic heterocycles. The lowest BCUT2D eigenvalue weighted by Gasteiger charge is -2.31. The molecular formula is C22H29ClN4OS. The Morgan fingerprint density at radius 1 is 1.21 bits per heavy atom. The number of halogens is 1. The summed E-state index contributed by atoms with van der Waals surface area (Å²) < 4.78 is 7.90. The highest BCUT2D eigenvalue weighted by atomic mass is 35.5. The monoisotopic (exact) mass is 432 g/mol. The van der Waals surface area contributed by atoms with Crippen LogP contribution in [0.25, 0.3) is 6.08 Å². The summed E-state index contributed by atoms with van der Waals surface area (Å²) in [5.41, 5.74) is 1.15. The second-order valence-electron chi connectivity index (χ2n) is 7.90. The number of piperidine rings is 1. The largest absolute Gasteiger partial charge is 0.377 e. The van der Waals surface area contributed by atoms with Crippen molar-refractivity contribution in [3.8, 4) is 0 Å². The molecule has 0 aliphatic carbocycles. The molecule has 0 unspecified atom stereocenters. The van der Waals surface area contributed by atoms with E-state index in [4.69, 9.17) is 16.3 Å². The molecule has 3 heterocycles. The number of likely N-dealkylation sites (tertiary alicyclic amines) is 1. The van der Waals surface area contributed by atoms with E-state index in [1.807, 2.05) is 18.2 Å². The van der Waals surface area contributed by atoms with Gasteiger partial charge in [-0.25, -0.2) is 0 Å². The molecule has 1 aromatic carbocycles. The SMILES string of the molecule is Cn1c(SC[C@@H]2CCCO2)nnc1C1CCN(C/C(Cl)=C/c2ccccc2)CC1. The van der Waals surface area contributed by atoms with Gasteiger partial charge in [0.2, 0.25) is 0 Å². The van der Waals surface area contributed by atoms with Crippen LogP contribution in [-0.4, -0.2) is 57.8 Å². The first kappa shape index (κ1) is 20.9. The molecule has 0 amide bonds. The van der Waals surface area contributed by atoms with Gasteiger partial charge in [0.05, 0.1) is 6.10 Å². The van der Waals surface area contributed by atoms with Gasteiger partial charge < -0.3 is 9.30 Å². The van der Waals surface area contributed by atoms with Crippen LogP contribution in [0.3, 0.4) is 0 Å². The smallest absolute Gasteiger partial charge is 0.191 e. The number of thioether (sulfide) groups is 1. The van der Waals surface area contributed by atoms with Crippen molar-refractivity contribution in [2.75, 3.05) is 32.0 Å². The molecule has 29 heavy (non-hydrogen) atoms. The van der Waals surface area contributed by atoms with Gasteiger partial charge in [-0.1, -0.05) is 53.7 Å². The van der Waals surface area contributed by atoms with E-state index >= 15 is 0 Å². The fourth-order valence-corrected chi connectivity index (χ4v) is 5.37. The standard InChI is InChI=1S/C22H29ClN4OS/c1-26-21(24-25-22(26)29-16-20-8-5-13-28-20)18-9-11-27(12-10-18)15-19(23)14-17-6-3-2-4-7-17/h2-4,6-7,14,18,20H,5,8-13,15-16H2,1H3/b19-14-/t20-/m0/s1. The third-order valence-electron chi connectivity index (χ3n) is 5.74. The molecule has 5 nitrogen and oxygen atoms in total. The average molecular weight is 433 g/mol. The van der Waals surface area contributed by atoms with E-state index < -0.39 is 0 Å². The zero-order valence-electron chi connectivity index (χ0n) is 17.0. The summed E-state index contributed by atoms with van der Waals surface area (Å²) >= 11 is 8.27. The molecule has 0 saturated carbocycles. The second kappa shape index (κ2) is 10.1. The van der Waals surface area contributed by atoms with E-state index in [0.29, 0.717) is 12.0 Å². The molecule has 0 N–H and O–H groups in total. The first-order valence-corrected chi connectivity index (χ1v) is 11.8. The van der Waals surface area contributed by atoms with Gasteiger partial charge in [-0.15, -0.1) is 10.2 Å². The molecule has 2 aliphatic heterocycles. The maximum Gasteiger partial charge on any atom is 0.191 e. The minimum absolute atomic E-state index is 0.372. The summed E-state index contributed by atoms with van der Waals surface area (Å²) in [6.45, 7) is 3.78. The number of nitrogens with zero attached hydrogens (tertiary/aromatic N) is 4. The zero-order valence-corrected chi connectivity index (χ0v) is 18.5. The fourth-order valence-electron chi connectivity index (χ4n) is 4.09. The number of hydrogen-bond acceptors (Lipinski definition) is 5. The molecule has 2 aliphatic rings. The molecule has 0 radical (unpaired) electrons. The van der Waals surface area contributed by atoms with Gasteiger partial charge >= 0.3 is 0 Å².